The molecule has 0 unspecified atom stereocenters. The van der Waals surface area contributed by atoms with Crippen LogP contribution in [0, 0.1) is 6.92 Å². The number of hydrogen-bond acceptors (Lipinski definition) is 3. The number of hydrogen-bond donors (Lipinski definition) is 2. The third-order valence-electron chi connectivity index (χ3n) is 2.17. The summed E-state index contributed by atoms with van der Waals surface area (Å²) < 4.78 is 5.65. The van der Waals surface area contributed by atoms with Gasteiger partial charge in [0.25, 0.3) is 0 Å². The Kier molecular flexibility index (Phi) is 5.81. The van der Waals surface area contributed by atoms with Gasteiger partial charge in [0.1, 0.15) is 5.75 Å². The van der Waals surface area contributed by atoms with Gasteiger partial charge in [0.15, 0.2) is 0 Å². The first-order valence-corrected chi connectivity index (χ1v) is 5.44. The minimum Gasteiger partial charge on any atom is -0.493 e. The van der Waals surface area contributed by atoms with E-state index in [1.807, 2.05) is 18.2 Å². The van der Waals surface area contributed by atoms with E-state index in [-0.39, 0.29) is 0 Å². The molecule has 3 nitrogen and oxygen atoms in total. The fourth-order valence-electron chi connectivity index (χ4n) is 1.32. The summed E-state index contributed by atoms with van der Waals surface area (Å²) in [5.74, 6) is 0.983. The highest BCUT2D eigenvalue weighted by Crippen LogP contribution is 2.15. The van der Waals surface area contributed by atoms with Crippen LogP contribution in [0.1, 0.15) is 12.0 Å². The predicted molar refractivity (Wildman–Crippen MR) is 63.2 cm³/mol. The quantitative estimate of drug-likeness (QED) is 0.664. The molecule has 0 aliphatic carbocycles. The normalized spacial score (nSPS) is 10.3. The fourth-order valence-corrected chi connectivity index (χ4v) is 1.32. The van der Waals surface area contributed by atoms with Crippen LogP contribution in [0.5, 0.6) is 5.75 Å². The van der Waals surface area contributed by atoms with Crippen LogP contribution in [-0.2, 0) is 0 Å². The van der Waals surface area contributed by atoms with Crippen molar-refractivity contribution in [2.75, 3.05) is 26.2 Å². The summed E-state index contributed by atoms with van der Waals surface area (Å²) in [6, 6.07) is 8.07. The monoisotopic (exact) mass is 208 g/mol. The number of rotatable bonds is 7. The number of ether oxygens (including phenoxy) is 1. The third kappa shape index (κ3) is 4.81. The highest BCUT2D eigenvalue weighted by atomic mass is 16.5. The Morgan fingerprint density at radius 3 is 2.80 bits per heavy atom. The van der Waals surface area contributed by atoms with Gasteiger partial charge in [-0.15, -0.1) is 0 Å². The number of aryl methyl sites for hydroxylation is 1. The Hall–Kier alpha value is -1.06. The van der Waals surface area contributed by atoms with Crippen molar-refractivity contribution in [1.82, 2.24) is 5.32 Å². The second kappa shape index (κ2) is 7.26. The van der Waals surface area contributed by atoms with E-state index in [4.69, 9.17) is 10.5 Å². The van der Waals surface area contributed by atoms with Crippen molar-refractivity contribution in [1.29, 1.82) is 0 Å². The molecule has 0 aliphatic heterocycles. The van der Waals surface area contributed by atoms with E-state index in [2.05, 4.69) is 18.3 Å². The lowest BCUT2D eigenvalue weighted by atomic mass is 10.2. The summed E-state index contributed by atoms with van der Waals surface area (Å²) in [6.45, 7) is 5.34. The van der Waals surface area contributed by atoms with E-state index in [0.717, 1.165) is 31.9 Å². The molecule has 0 fully saturated rings. The van der Waals surface area contributed by atoms with Gasteiger partial charge in [0.2, 0.25) is 0 Å². The van der Waals surface area contributed by atoms with Crippen molar-refractivity contribution < 1.29 is 4.74 Å². The summed E-state index contributed by atoms with van der Waals surface area (Å²) in [5, 5.41) is 3.23. The smallest absolute Gasteiger partial charge is 0.122 e. The zero-order valence-electron chi connectivity index (χ0n) is 9.33. The average Bonchev–Trinajstić information content (AvgIpc) is 2.25. The van der Waals surface area contributed by atoms with Crippen LogP contribution in [0.15, 0.2) is 24.3 Å². The molecule has 1 aromatic rings. The molecule has 0 heterocycles. The van der Waals surface area contributed by atoms with E-state index in [0.29, 0.717) is 6.54 Å². The Morgan fingerprint density at radius 2 is 2.07 bits per heavy atom. The molecular formula is C12H20N2O. The molecule has 3 heteroatoms. The molecule has 1 aromatic carbocycles. The van der Waals surface area contributed by atoms with E-state index in [1.165, 1.54) is 5.56 Å². The maximum Gasteiger partial charge on any atom is 0.122 e. The predicted octanol–water partition coefficient (Wildman–Crippen LogP) is 1.31. The maximum absolute atomic E-state index is 5.65. The highest BCUT2D eigenvalue weighted by molar-refractivity contribution is 5.31. The molecule has 15 heavy (non-hydrogen) atoms. The van der Waals surface area contributed by atoms with Crippen LogP contribution < -0.4 is 15.8 Å². The second-order valence-corrected chi connectivity index (χ2v) is 3.51. The average molecular weight is 208 g/mol. The fraction of sp³-hybridized carbons (Fsp3) is 0.500. The van der Waals surface area contributed by atoms with Gasteiger partial charge in [-0.3, -0.25) is 0 Å². The van der Waals surface area contributed by atoms with Crippen molar-refractivity contribution in [3.63, 3.8) is 0 Å². The van der Waals surface area contributed by atoms with Gasteiger partial charge in [-0.25, -0.2) is 0 Å². The Balaban J connectivity index is 2.12. The molecule has 3 N–H and O–H groups in total. The van der Waals surface area contributed by atoms with Crippen LogP contribution in [-0.4, -0.2) is 26.2 Å². The van der Waals surface area contributed by atoms with Crippen molar-refractivity contribution in [2.24, 2.45) is 5.73 Å². The molecule has 0 aliphatic rings. The lowest BCUT2D eigenvalue weighted by Crippen LogP contribution is -2.24. The first kappa shape index (κ1) is 12.0. The van der Waals surface area contributed by atoms with Crippen LogP contribution in [0.2, 0.25) is 0 Å². The van der Waals surface area contributed by atoms with Crippen molar-refractivity contribution in [2.45, 2.75) is 13.3 Å². The van der Waals surface area contributed by atoms with Crippen LogP contribution >= 0.6 is 0 Å². The van der Waals surface area contributed by atoms with Gasteiger partial charge in [-0.1, -0.05) is 18.2 Å². The summed E-state index contributed by atoms with van der Waals surface area (Å²) in [4.78, 5) is 0. The molecule has 0 bridgehead atoms. The molecule has 0 aromatic heterocycles. The van der Waals surface area contributed by atoms with Gasteiger partial charge < -0.3 is 15.8 Å². The Labute approximate surface area is 91.6 Å². The van der Waals surface area contributed by atoms with Crippen molar-refractivity contribution in [3.8, 4) is 5.75 Å². The first-order chi connectivity index (χ1) is 7.34. The number of nitrogens with two attached hydrogens (primary N) is 1. The summed E-state index contributed by atoms with van der Waals surface area (Å²) in [5.41, 5.74) is 6.55. The lowest BCUT2D eigenvalue weighted by molar-refractivity contribution is 0.306. The molecule has 84 valence electrons. The molecule has 1 rings (SSSR count). The third-order valence-corrected chi connectivity index (χ3v) is 2.17. The van der Waals surface area contributed by atoms with Crippen LogP contribution in [0.25, 0.3) is 0 Å². The second-order valence-electron chi connectivity index (χ2n) is 3.51. The summed E-state index contributed by atoms with van der Waals surface area (Å²) in [7, 11) is 0. The van der Waals surface area contributed by atoms with Crippen molar-refractivity contribution in [3.05, 3.63) is 29.8 Å². The largest absolute Gasteiger partial charge is 0.493 e. The minimum atomic E-state index is 0.693. The summed E-state index contributed by atoms with van der Waals surface area (Å²) in [6.07, 6.45) is 1.01. The van der Waals surface area contributed by atoms with Gasteiger partial charge in [-0.2, -0.15) is 0 Å². The zero-order valence-corrected chi connectivity index (χ0v) is 9.33. The molecule has 0 spiro atoms. The highest BCUT2D eigenvalue weighted by Gasteiger charge is 1.96. The van der Waals surface area contributed by atoms with Gasteiger partial charge >= 0.3 is 0 Å². The Bertz CT molecular complexity index is 276. The number of para-hydroxylation sites is 1. The van der Waals surface area contributed by atoms with E-state index in [9.17, 15) is 0 Å². The number of nitrogens with one attached hydrogen (secondary N) is 1. The lowest BCUT2D eigenvalue weighted by Gasteiger charge is -2.08. The van der Waals surface area contributed by atoms with E-state index < -0.39 is 0 Å². The molecule has 0 amide bonds. The zero-order chi connectivity index (χ0) is 10.9. The van der Waals surface area contributed by atoms with Crippen molar-refractivity contribution >= 4 is 0 Å². The van der Waals surface area contributed by atoms with Gasteiger partial charge in [-0.05, 0) is 31.5 Å². The van der Waals surface area contributed by atoms with Crippen LogP contribution in [0.4, 0.5) is 0 Å². The summed E-state index contributed by atoms with van der Waals surface area (Å²) >= 11 is 0. The SMILES string of the molecule is Cc1ccccc1OCCCNCCN. The molecule has 0 radical (unpaired) electrons. The molecule has 0 saturated heterocycles. The van der Waals surface area contributed by atoms with E-state index >= 15 is 0 Å². The van der Waals surface area contributed by atoms with Gasteiger partial charge in [0, 0.05) is 13.1 Å². The molecule has 0 saturated carbocycles. The molecular weight excluding hydrogens is 188 g/mol. The minimum absolute atomic E-state index is 0.693. The molecule has 0 atom stereocenters. The standard InChI is InChI=1S/C12H20N2O/c1-11-5-2-3-6-12(11)15-10-4-8-14-9-7-13/h2-3,5-6,14H,4,7-10,13H2,1H3. The van der Waals surface area contributed by atoms with Crippen LogP contribution in [0.3, 0.4) is 0 Å². The van der Waals surface area contributed by atoms with E-state index in [1.54, 1.807) is 0 Å². The Morgan fingerprint density at radius 1 is 1.27 bits per heavy atom. The number of benzene rings is 1. The first-order valence-electron chi connectivity index (χ1n) is 5.44. The maximum atomic E-state index is 5.65. The topological polar surface area (TPSA) is 47.3 Å². The van der Waals surface area contributed by atoms with Gasteiger partial charge in [0.05, 0.1) is 6.61 Å².